The second-order valence-corrected chi connectivity index (χ2v) is 13.0. The third-order valence-corrected chi connectivity index (χ3v) is 9.93. The van der Waals surface area contributed by atoms with Crippen LogP contribution in [0.25, 0.3) is 0 Å². The minimum Gasteiger partial charge on any atom is -0.493 e. The summed E-state index contributed by atoms with van der Waals surface area (Å²) in [5.74, 6) is -1.40. The van der Waals surface area contributed by atoms with Gasteiger partial charge in [-0.3, -0.25) is 19.3 Å². The fraction of sp³-hybridized carbons (Fsp3) is 0.583. The van der Waals surface area contributed by atoms with E-state index in [2.05, 4.69) is 19.9 Å². The van der Waals surface area contributed by atoms with Crippen LogP contribution in [0.4, 0.5) is 10.1 Å². The standard InChI is InChI=1S/C36H48FN3O5/c1-4-8-27(9-5-2)40(28-12-13-30(37)24(3)20-28)34(42)23-39-22-29(25-11-14-32-26(21-25)16-19-45-32)35(36(43)44)31(39)15-18-38-17-7-6-10-33(38)41/h11-14,20-21,27,29,31,35H,4-10,15-19,22-23H2,1-3H3,(H,43,44). The summed E-state index contributed by atoms with van der Waals surface area (Å²) in [6.45, 7) is 8.15. The summed E-state index contributed by atoms with van der Waals surface area (Å²) in [6.07, 6.45) is 7.05. The normalized spacial score (nSPS) is 21.7. The van der Waals surface area contributed by atoms with Crippen LogP contribution in [0.2, 0.25) is 0 Å². The molecule has 1 N–H and O–H groups in total. The predicted molar refractivity (Wildman–Crippen MR) is 172 cm³/mol. The number of aliphatic carboxylic acids is 1. The van der Waals surface area contributed by atoms with E-state index in [4.69, 9.17) is 4.74 Å². The van der Waals surface area contributed by atoms with Crippen LogP contribution in [-0.4, -0.2) is 77.6 Å². The smallest absolute Gasteiger partial charge is 0.308 e. The summed E-state index contributed by atoms with van der Waals surface area (Å²) in [5, 5.41) is 10.7. The van der Waals surface area contributed by atoms with Crippen molar-refractivity contribution in [1.29, 1.82) is 0 Å². The maximum Gasteiger partial charge on any atom is 0.308 e. The number of nitrogens with zero attached hydrogens (tertiary/aromatic N) is 3. The van der Waals surface area contributed by atoms with Crippen molar-refractivity contribution in [2.24, 2.45) is 5.92 Å². The van der Waals surface area contributed by atoms with E-state index in [1.54, 1.807) is 19.1 Å². The van der Waals surface area contributed by atoms with Gasteiger partial charge in [-0.15, -0.1) is 0 Å². The molecule has 3 heterocycles. The van der Waals surface area contributed by atoms with Gasteiger partial charge in [0.1, 0.15) is 11.6 Å². The third kappa shape index (κ3) is 7.35. The first-order valence-electron chi connectivity index (χ1n) is 16.8. The average molecular weight is 622 g/mol. The van der Waals surface area contributed by atoms with Crippen LogP contribution in [0.15, 0.2) is 36.4 Å². The fourth-order valence-electron chi connectivity index (χ4n) is 7.67. The molecule has 2 amide bonds. The van der Waals surface area contributed by atoms with Crippen LogP contribution in [0.5, 0.6) is 5.75 Å². The molecule has 0 aliphatic carbocycles. The van der Waals surface area contributed by atoms with Gasteiger partial charge in [0.15, 0.2) is 0 Å². The fourth-order valence-corrected chi connectivity index (χ4v) is 7.67. The number of hydrogen-bond donors (Lipinski definition) is 1. The van der Waals surface area contributed by atoms with Gasteiger partial charge in [0.05, 0.1) is 19.1 Å². The zero-order valence-electron chi connectivity index (χ0n) is 27.0. The Morgan fingerprint density at radius 1 is 1.09 bits per heavy atom. The highest BCUT2D eigenvalue weighted by Crippen LogP contribution is 2.41. The van der Waals surface area contributed by atoms with Crippen LogP contribution in [0.1, 0.15) is 87.8 Å². The molecule has 0 radical (unpaired) electrons. The zero-order chi connectivity index (χ0) is 32.1. The van der Waals surface area contributed by atoms with E-state index in [-0.39, 0.29) is 36.1 Å². The van der Waals surface area contributed by atoms with Crippen LogP contribution in [0.3, 0.4) is 0 Å². The Balaban J connectivity index is 1.47. The molecule has 2 aromatic carbocycles. The molecule has 0 spiro atoms. The first-order chi connectivity index (χ1) is 21.7. The number of aryl methyl sites for hydroxylation is 1. The number of carboxylic acids is 1. The molecular weight excluding hydrogens is 573 g/mol. The van der Waals surface area contributed by atoms with Gasteiger partial charge < -0.3 is 19.6 Å². The van der Waals surface area contributed by atoms with Crippen LogP contribution >= 0.6 is 0 Å². The predicted octanol–water partition coefficient (Wildman–Crippen LogP) is 5.94. The molecule has 0 saturated carbocycles. The molecule has 2 fully saturated rings. The minimum atomic E-state index is -0.887. The van der Waals surface area contributed by atoms with Gasteiger partial charge in [-0.05, 0) is 80.0 Å². The molecule has 244 valence electrons. The van der Waals surface area contributed by atoms with E-state index in [0.29, 0.717) is 50.3 Å². The second-order valence-electron chi connectivity index (χ2n) is 13.0. The number of fused-ring (bicyclic) bond motifs is 1. The van der Waals surface area contributed by atoms with Gasteiger partial charge in [0.25, 0.3) is 0 Å². The van der Waals surface area contributed by atoms with Crippen molar-refractivity contribution in [1.82, 2.24) is 9.80 Å². The summed E-state index contributed by atoms with van der Waals surface area (Å²) in [4.78, 5) is 45.8. The van der Waals surface area contributed by atoms with Gasteiger partial charge in [0, 0.05) is 56.2 Å². The van der Waals surface area contributed by atoms with Crippen molar-refractivity contribution in [3.63, 3.8) is 0 Å². The molecule has 0 bridgehead atoms. The lowest BCUT2D eigenvalue weighted by atomic mass is 9.83. The van der Waals surface area contributed by atoms with Gasteiger partial charge in [-0.25, -0.2) is 4.39 Å². The molecular formula is C36H48FN3O5. The Labute approximate surface area is 266 Å². The number of benzene rings is 2. The van der Waals surface area contributed by atoms with E-state index in [9.17, 15) is 23.9 Å². The number of anilines is 1. The quantitative estimate of drug-likeness (QED) is 0.298. The van der Waals surface area contributed by atoms with Crippen molar-refractivity contribution < 1.29 is 28.6 Å². The van der Waals surface area contributed by atoms with Gasteiger partial charge in [-0.1, -0.05) is 38.8 Å². The van der Waals surface area contributed by atoms with Crippen molar-refractivity contribution in [2.45, 2.75) is 96.6 Å². The second kappa shape index (κ2) is 14.8. The summed E-state index contributed by atoms with van der Waals surface area (Å²) in [7, 11) is 0. The maximum atomic E-state index is 14.4. The lowest BCUT2D eigenvalue weighted by molar-refractivity contribution is -0.143. The zero-order valence-corrected chi connectivity index (χ0v) is 27.0. The van der Waals surface area contributed by atoms with Gasteiger partial charge >= 0.3 is 5.97 Å². The Bertz CT molecular complexity index is 1380. The number of likely N-dealkylation sites (tertiary alicyclic amines) is 2. The number of carboxylic acid groups (broad SMARTS) is 1. The van der Waals surface area contributed by atoms with Crippen molar-refractivity contribution in [3.8, 4) is 5.75 Å². The highest BCUT2D eigenvalue weighted by Gasteiger charge is 2.47. The molecule has 8 nitrogen and oxygen atoms in total. The third-order valence-electron chi connectivity index (χ3n) is 9.93. The van der Waals surface area contributed by atoms with Gasteiger partial charge in [0.2, 0.25) is 11.8 Å². The molecule has 3 unspecified atom stereocenters. The highest BCUT2D eigenvalue weighted by atomic mass is 19.1. The number of halogens is 1. The lowest BCUT2D eigenvalue weighted by Crippen LogP contribution is -2.49. The maximum absolute atomic E-state index is 14.4. The van der Waals surface area contributed by atoms with Crippen molar-refractivity contribution >= 4 is 23.5 Å². The largest absolute Gasteiger partial charge is 0.493 e. The molecule has 2 saturated heterocycles. The van der Waals surface area contributed by atoms with Crippen molar-refractivity contribution in [2.75, 3.05) is 37.7 Å². The Morgan fingerprint density at radius 2 is 1.87 bits per heavy atom. The van der Waals surface area contributed by atoms with E-state index >= 15 is 0 Å². The summed E-state index contributed by atoms with van der Waals surface area (Å²) in [5.41, 5.74) is 3.18. The van der Waals surface area contributed by atoms with Gasteiger partial charge in [-0.2, -0.15) is 0 Å². The summed E-state index contributed by atoms with van der Waals surface area (Å²) in [6, 6.07) is 10.3. The first-order valence-corrected chi connectivity index (χ1v) is 16.8. The molecule has 0 aromatic heterocycles. The number of carbonyl (C=O) groups excluding carboxylic acids is 2. The number of piperidine rings is 1. The molecule has 2 aromatic rings. The van der Waals surface area contributed by atoms with Crippen LogP contribution in [-0.2, 0) is 20.8 Å². The van der Waals surface area contributed by atoms with Crippen molar-refractivity contribution in [3.05, 3.63) is 58.9 Å². The SMILES string of the molecule is CCCC(CCC)N(C(=O)CN1CC(c2ccc3c(c2)CCO3)C(C(=O)O)C1CCN1CCCCC1=O)c1ccc(F)c(C)c1. The highest BCUT2D eigenvalue weighted by molar-refractivity contribution is 5.95. The van der Waals surface area contributed by atoms with E-state index < -0.39 is 17.9 Å². The van der Waals surface area contributed by atoms with E-state index in [0.717, 1.165) is 61.8 Å². The molecule has 3 aliphatic heterocycles. The van der Waals surface area contributed by atoms with E-state index in [1.165, 1.54) is 6.07 Å². The number of ether oxygens (including phenoxy) is 1. The molecule has 5 rings (SSSR count). The Hall–Kier alpha value is -3.46. The average Bonchev–Trinajstić information content (AvgIpc) is 3.63. The monoisotopic (exact) mass is 621 g/mol. The van der Waals surface area contributed by atoms with E-state index in [1.807, 2.05) is 26.8 Å². The number of rotatable bonds is 13. The number of amides is 2. The summed E-state index contributed by atoms with van der Waals surface area (Å²) >= 11 is 0. The number of carbonyl (C=O) groups is 3. The number of hydrogen-bond acceptors (Lipinski definition) is 5. The molecule has 9 heteroatoms. The Kier molecular flexibility index (Phi) is 10.8. The minimum absolute atomic E-state index is 0.0489. The molecule has 3 atom stereocenters. The lowest BCUT2D eigenvalue weighted by Gasteiger charge is -2.35. The topological polar surface area (TPSA) is 90.4 Å². The first kappa shape index (κ1) is 32.9. The van der Waals surface area contributed by atoms with Crippen LogP contribution in [0, 0.1) is 18.7 Å². The summed E-state index contributed by atoms with van der Waals surface area (Å²) < 4.78 is 20.0. The van der Waals surface area contributed by atoms with Crippen LogP contribution < -0.4 is 9.64 Å². The molecule has 45 heavy (non-hydrogen) atoms. The molecule has 3 aliphatic rings. The Morgan fingerprint density at radius 3 is 2.56 bits per heavy atom.